The van der Waals surface area contributed by atoms with Gasteiger partial charge in [-0.15, -0.1) is 0 Å². The number of hydrogen-bond acceptors (Lipinski definition) is 3. The summed E-state index contributed by atoms with van der Waals surface area (Å²) in [5, 5.41) is 3.30. The summed E-state index contributed by atoms with van der Waals surface area (Å²) in [7, 11) is -2.30. The summed E-state index contributed by atoms with van der Waals surface area (Å²) < 4.78 is 26.5. The Kier molecular flexibility index (Phi) is 2.85. The zero-order valence-electron chi connectivity index (χ0n) is 8.92. The Morgan fingerprint density at radius 3 is 2.75 bits per heavy atom. The Morgan fingerprint density at radius 1 is 1.25 bits per heavy atom. The molecule has 0 aromatic heterocycles. The van der Waals surface area contributed by atoms with Gasteiger partial charge < -0.3 is 0 Å². The van der Waals surface area contributed by atoms with Crippen LogP contribution in [-0.4, -0.2) is 15.5 Å². The van der Waals surface area contributed by atoms with Gasteiger partial charge in [-0.05, 0) is 42.5 Å². The maximum absolute atomic E-state index is 11.7. The predicted octanol–water partition coefficient (Wildman–Crippen LogP) is 1.47. The molecule has 0 heterocycles. The minimum atomic E-state index is -3.68. The fraction of sp³-hybridized carbons (Fsp3) is 0.400. The average Bonchev–Trinajstić information content (AvgIpc) is 2.73. The highest BCUT2D eigenvalue weighted by molar-refractivity contribution is 7.90. The number of sulfonamides is 1. The highest BCUT2D eigenvalue weighted by Crippen LogP contribution is 2.25. The van der Waals surface area contributed by atoms with E-state index in [1.54, 1.807) is 12.1 Å². The van der Waals surface area contributed by atoms with Crippen molar-refractivity contribution >= 4 is 10.0 Å². The van der Waals surface area contributed by atoms with Crippen LogP contribution in [0.4, 0.5) is 0 Å². The Bertz CT molecular complexity index is 572. The number of fused-ring (bicyclic) bond motifs is 1. The maximum atomic E-state index is 11.7. The monoisotopic (exact) mass is 238 g/mol. The first-order valence-electron chi connectivity index (χ1n) is 5.01. The van der Waals surface area contributed by atoms with E-state index in [4.69, 9.17) is 0 Å². The van der Waals surface area contributed by atoms with E-state index in [-0.39, 0.29) is 4.90 Å². The molecule has 0 atom stereocenters. The van der Waals surface area contributed by atoms with Gasteiger partial charge in [-0.2, -0.15) is 8.42 Å². The van der Waals surface area contributed by atoms with Gasteiger partial charge in [-0.1, -0.05) is 6.07 Å². The van der Waals surface area contributed by atoms with Crippen LogP contribution in [0.3, 0.4) is 0 Å². The first-order chi connectivity index (χ1) is 7.63. The van der Waals surface area contributed by atoms with Crippen molar-refractivity contribution in [3.63, 3.8) is 0 Å². The molecule has 0 amide bonds. The van der Waals surface area contributed by atoms with Crippen molar-refractivity contribution in [1.29, 1.82) is 0 Å². The maximum Gasteiger partial charge on any atom is 0.355 e. The quantitative estimate of drug-likeness (QED) is 0.578. The van der Waals surface area contributed by atoms with Crippen molar-refractivity contribution in [1.82, 2.24) is 4.91 Å². The topological polar surface area (TPSA) is 73.0 Å². The zero-order chi connectivity index (χ0) is 11.6. The molecule has 2 rings (SSSR count). The lowest BCUT2D eigenvalue weighted by Gasteiger charge is -1.99. The van der Waals surface area contributed by atoms with Crippen molar-refractivity contribution in [3.05, 3.63) is 29.3 Å². The number of rotatable bonds is 2. The molecule has 0 aliphatic heterocycles. The Balaban J connectivity index is 2.46. The van der Waals surface area contributed by atoms with E-state index in [9.17, 15) is 8.42 Å². The third kappa shape index (κ3) is 2.03. The fourth-order valence-electron chi connectivity index (χ4n) is 1.84. The van der Waals surface area contributed by atoms with Crippen LogP contribution in [0.15, 0.2) is 32.7 Å². The summed E-state index contributed by atoms with van der Waals surface area (Å²) in [6, 6.07) is 5.12. The van der Waals surface area contributed by atoms with Gasteiger partial charge >= 0.3 is 10.0 Å². The lowest BCUT2D eigenvalue weighted by atomic mass is 10.1. The molecule has 1 aliphatic rings. The fourth-order valence-corrected chi connectivity index (χ4v) is 2.64. The number of nitrogens with zero attached hydrogens (tertiary/aromatic N) is 3. The lowest BCUT2D eigenvalue weighted by molar-refractivity contribution is 0.594. The van der Waals surface area contributed by atoms with Gasteiger partial charge in [0.2, 0.25) is 4.91 Å². The molecular formula is C10H12N3O2S+. The summed E-state index contributed by atoms with van der Waals surface area (Å²) in [5.74, 6) is 0. The van der Waals surface area contributed by atoms with Crippen LogP contribution in [0, 0.1) is 0 Å². The Morgan fingerprint density at radius 2 is 2.00 bits per heavy atom. The van der Waals surface area contributed by atoms with Crippen LogP contribution < -0.4 is 4.91 Å². The molecule has 0 N–H and O–H groups in total. The zero-order valence-corrected chi connectivity index (χ0v) is 9.74. The molecule has 5 nitrogen and oxygen atoms in total. The molecule has 1 aliphatic carbocycles. The number of aryl methyl sites for hydroxylation is 2. The molecule has 0 bridgehead atoms. The summed E-state index contributed by atoms with van der Waals surface area (Å²) in [5.41, 5.74) is 2.33. The van der Waals surface area contributed by atoms with Crippen LogP contribution >= 0.6 is 0 Å². The third-order valence-electron chi connectivity index (χ3n) is 2.60. The van der Waals surface area contributed by atoms with E-state index in [0.29, 0.717) is 0 Å². The number of hydrogen-bond donors (Lipinski definition) is 0. The Labute approximate surface area is 94.0 Å². The highest BCUT2D eigenvalue weighted by atomic mass is 32.2. The van der Waals surface area contributed by atoms with Crippen LogP contribution in [-0.2, 0) is 22.9 Å². The van der Waals surface area contributed by atoms with Crippen LogP contribution in [0.1, 0.15) is 17.5 Å². The van der Waals surface area contributed by atoms with Gasteiger partial charge in [0, 0.05) is 0 Å². The molecule has 0 fully saturated rings. The average molecular weight is 238 g/mol. The molecule has 84 valence electrons. The van der Waals surface area contributed by atoms with Crippen molar-refractivity contribution in [2.75, 3.05) is 7.05 Å². The highest BCUT2D eigenvalue weighted by Gasteiger charge is 2.21. The standard InChI is InChI=1S/C10H12N3O2S/c1-11-12-13-16(14,15)10-6-5-8-3-2-4-9(8)7-10/h5-7H,2-4H2,1H3/q+1. The molecule has 0 saturated carbocycles. The van der Waals surface area contributed by atoms with E-state index in [1.165, 1.54) is 12.6 Å². The molecule has 0 unspecified atom stereocenters. The molecule has 1 aromatic rings. The molecule has 0 saturated heterocycles. The minimum absolute atomic E-state index is 0.195. The summed E-state index contributed by atoms with van der Waals surface area (Å²) >= 11 is 0. The van der Waals surface area contributed by atoms with Gasteiger partial charge in [0.15, 0.2) is 0 Å². The van der Waals surface area contributed by atoms with Gasteiger partial charge in [0.05, 0.1) is 4.90 Å². The first kappa shape index (κ1) is 11.0. The van der Waals surface area contributed by atoms with Crippen LogP contribution in [0.5, 0.6) is 0 Å². The van der Waals surface area contributed by atoms with E-state index in [1.807, 2.05) is 6.07 Å². The summed E-state index contributed by atoms with van der Waals surface area (Å²) in [6.07, 6.45) is 3.06. The molecule has 0 spiro atoms. The second kappa shape index (κ2) is 4.15. The van der Waals surface area contributed by atoms with E-state index in [2.05, 4.69) is 14.5 Å². The Hall–Kier alpha value is -1.52. The van der Waals surface area contributed by atoms with E-state index >= 15 is 0 Å². The lowest BCUT2D eigenvalue weighted by Crippen LogP contribution is -1.98. The molecule has 0 radical (unpaired) electrons. The number of benzene rings is 1. The normalized spacial score (nSPS) is 14.1. The molecule has 6 heteroatoms. The van der Waals surface area contributed by atoms with Crippen molar-refractivity contribution in [2.24, 2.45) is 9.63 Å². The molecular weight excluding hydrogens is 226 g/mol. The van der Waals surface area contributed by atoms with E-state index in [0.717, 1.165) is 24.8 Å². The summed E-state index contributed by atoms with van der Waals surface area (Å²) in [6.45, 7) is 0. The van der Waals surface area contributed by atoms with E-state index < -0.39 is 10.0 Å². The van der Waals surface area contributed by atoms with Crippen LogP contribution in [0.25, 0.3) is 0 Å². The first-order valence-corrected chi connectivity index (χ1v) is 6.45. The van der Waals surface area contributed by atoms with Gasteiger partial charge in [0.1, 0.15) is 12.2 Å². The van der Waals surface area contributed by atoms with Crippen LogP contribution in [0.2, 0.25) is 0 Å². The molecule has 16 heavy (non-hydrogen) atoms. The second-order valence-corrected chi connectivity index (χ2v) is 5.22. The molecule has 1 aromatic carbocycles. The van der Waals surface area contributed by atoms with Crippen molar-refractivity contribution in [2.45, 2.75) is 24.2 Å². The van der Waals surface area contributed by atoms with Gasteiger partial charge in [-0.25, -0.2) is 0 Å². The van der Waals surface area contributed by atoms with Gasteiger partial charge in [-0.3, -0.25) is 0 Å². The second-order valence-electron chi connectivity index (χ2n) is 3.63. The van der Waals surface area contributed by atoms with Crippen molar-refractivity contribution < 1.29 is 8.42 Å². The smallest absolute Gasteiger partial charge is 0.193 e. The minimum Gasteiger partial charge on any atom is -0.193 e. The van der Waals surface area contributed by atoms with Gasteiger partial charge in [0.25, 0.3) is 4.52 Å². The predicted molar refractivity (Wildman–Crippen MR) is 58.6 cm³/mol. The third-order valence-corrected chi connectivity index (χ3v) is 3.74. The SMILES string of the molecule is CN=[N+]=NS(=O)(=O)c1ccc2c(c1)CCC2. The van der Waals surface area contributed by atoms with Crippen molar-refractivity contribution in [3.8, 4) is 0 Å². The summed E-state index contributed by atoms with van der Waals surface area (Å²) in [4.78, 5) is 3.37. The largest absolute Gasteiger partial charge is 0.355 e.